The first kappa shape index (κ1) is 28.2. The summed E-state index contributed by atoms with van der Waals surface area (Å²) in [6, 6.07) is 9.21. The van der Waals surface area contributed by atoms with Gasteiger partial charge in [-0.3, -0.25) is 4.79 Å². The lowest BCUT2D eigenvalue weighted by Crippen LogP contribution is -2.27. The summed E-state index contributed by atoms with van der Waals surface area (Å²) in [4.78, 5) is 12.9. The Hall–Kier alpha value is -1.01. The fourth-order valence-corrected chi connectivity index (χ4v) is 6.36. The molecule has 2 unspecified atom stereocenters. The number of fused-ring (bicyclic) bond motifs is 1. The summed E-state index contributed by atoms with van der Waals surface area (Å²) in [5.74, 6) is -1.31. The van der Waals surface area contributed by atoms with Crippen LogP contribution in [0.4, 0.5) is 13.2 Å². The zero-order valence-electron chi connectivity index (χ0n) is 20.8. The molecule has 1 aromatic carbocycles. The van der Waals surface area contributed by atoms with Crippen molar-refractivity contribution >= 4 is 33.2 Å². The predicted molar refractivity (Wildman–Crippen MR) is 139 cm³/mol. The van der Waals surface area contributed by atoms with Crippen LogP contribution in [-0.4, -0.2) is 11.4 Å². The first-order valence-electron chi connectivity index (χ1n) is 12.0. The summed E-state index contributed by atoms with van der Waals surface area (Å²) in [7, 11) is 0. The number of alkyl halides is 3. The lowest BCUT2D eigenvalue weighted by molar-refractivity contribution is -0.178. The second kappa shape index (κ2) is 11.6. The third kappa shape index (κ3) is 9.64. The first-order chi connectivity index (χ1) is 15.2. The first-order valence-corrected chi connectivity index (χ1v) is 13.7. The molecular formula is C27H39F3OS2. The van der Waals surface area contributed by atoms with Gasteiger partial charge in [0.2, 0.25) is 4.74 Å². The van der Waals surface area contributed by atoms with Gasteiger partial charge in [0.15, 0.2) is 0 Å². The normalized spacial score (nSPS) is 15.1. The summed E-state index contributed by atoms with van der Waals surface area (Å²) in [5.41, 5.74) is 0.292. The molecule has 0 fully saturated rings. The number of benzene rings is 1. The average Bonchev–Trinajstić information content (AvgIpc) is 2.69. The molecule has 186 valence electrons. The molecule has 0 amide bonds. The minimum absolute atomic E-state index is 0.0526. The highest BCUT2D eigenvalue weighted by Gasteiger charge is 2.40. The highest BCUT2D eigenvalue weighted by atomic mass is 32.2. The van der Waals surface area contributed by atoms with Crippen molar-refractivity contribution in [3.63, 3.8) is 0 Å². The van der Waals surface area contributed by atoms with Gasteiger partial charge in [-0.2, -0.15) is 13.2 Å². The van der Waals surface area contributed by atoms with E-state index in [2.05, 4.69) is 34.6 Å². The van der Waals surface area contributed by atoms with Crippen molar-refractivity contribution in [2.24, 2.45) is 16.7 Å². The fraction of sp³-hybridized carbons (Fsp3) is 0.667. The van der Waals surface area contributed by atoms with Gasteiger partial charge in [0.25, 0.3) is 0 Å². The quantitative estimate of drug-likeness (QED) is 0.286. The molecule has 0 radical (unpaired) electrons. The molecule has 0 spiro atoms. The van der Waals surface area contributed by atoms with Crippen LogP contribution >= 0.6 is 23.1 Å². The molecule has 2 rings (SSSR count). The topological polar surface area (TPSA) is 17.1 Å². The lowest BCUT2D eigenvalue weighted by Gasteiger charge is -2.30. The maximum absolute atomic E-state index is 13.9. The minimum Gasteiger partial charge on any atom is -0.278 e. The summed E-state index contributed by atoms with van der Waals surface area (Å²) in [5, 5.41) is 0.774. The van der Waals surface area contributed by atoms with Gasteiger partial charge in [-0.1, -0.05) is 77.5 Å². The molecule has 33 heavy (non-hydrogen) atoms. The molecule has 0 saturated heterocycles. The van der Waals surface area contributed by atoms with Crippen LogP contribution in [0.15, 0.2) is 40.0 Å². The third-order valence-electron chi connectivity index (χ3n) is 6.33. The van der Waals surface area contributed by atoms with Gasteiger partial charge in [-0.15, -0.1) is 11.8 Å². The van der Waals surface area contributed by atoms with E-state index in [1.165, 1.54) is 23.1 Å². The molecular weight excluding hydrogens is 461 g/mol. The molecule has 1 heterocycles. The van der Waals surface area contributed by atoms with Gasteiger partial charge in [0, 0.05) is 26.3 Å². The van der Waals surface area contributed by atoms with Crippen molar-refractivity contribution in [1.29, 1.82) is 0 Å². The summed E-state index contributed by atoms with van der Waals surface area (Å²) < 4.78 is 42.6. The van der Waals surface area contributed by atoms with Crippen molar-refractivity contribution in [2.75, 3.05) is 0 Å². The van der Waals surface area contributed by atoms with Crippen LogP contribution in [-0.2, 0) is 0 Å². The van der Waals surface area contributed by atoms with Gasteiger partial charge >= 0.3 is 6.18 Å². The van der Waals surface area contributed by atoms with Crippen molar-refractivity contribution in [2.45, 2.75) is 103 Å². The number of halogens is 3. The monoisotopic (exact) mass is 500 g/mol. The van der Waals surface area contributed by atoms with Crippen LogP contribution in [0.3, 0.4) is 0 Å². The van der Waals surface area contributed by atoms with Crippen LogP contribution in [0.25, 0.3) is 10.1 Å². The molecule has 2 aromatic rings. The fourth-order valence-electron chi connectivity index (χ4n) is 4.05. The Kier molecular flexibility index (Phi) is 9.93. The average molecular weight is 501 g/mol. The van der Waals surface area contributed by atoms with Crippen molar-refractivity contribution in [3.8, 4) is 0 Å². The van der Waals surface area contributed by atoms with Crippen molar-refractivity contribution in [3.05, 3.63) is 39.9 Å². The van der Waals surface area contributed by atoms with Gasteiger partial charge in [-0.05, 0) is 55.4 Å². The minimum atomic E-state index is -4.20. The Bertz CT molecular complexity index is 941. The predicted octanol–water partition coefficient (Wildman–Crippen LogP) is 9.72. The Balaban J connectivity index is 2.06. The molecule has 0 N–H and O–H groups in total. The van der Waals surface area contributed by atoms with Gasteiger partial charge in [-0.25, -0.2) is 0 Å². The SMILES string of the molecule is CCC(CC(CCCC(C)(C)CCC(C)(C)C)C(F)(F)F)Sc1cc(=O)sc2ccccc12. The summed E-state index contributed by atoms with van der Waals surface area (Å²) >= 11 is 2.61. The highest BCUT2D eigenvalue weighted by Crippen LogP contribution is 2.42. The Labute approximate surface area is 205 Å². The second-order valence-electron chi connectivity index (χ2n) is 11.2. The van der Waals surface area contributed by atoms with Crippen molar-refractivity contribution in [1.82, 2.24) is 0 Å². The third-order valence-corrected chi connectivity index (χ3v) is 8.67. The smallest absolute Gasteiger partial charge is 0.278 e. The molecule has 0 aliphatic carbocycles. The van der Waals surface area contributed by atoms with Crippen LogP contribution < -0.4 is 4.74 Å². The Morgan fingerprint density at radius 1 is 1.00 bits per heavy atom. The van der Waals surface area contributed by atoms with E-state index in [1.807, 2.05) is 31.2 Å². The number of hydrogen-bond donors (Lipinski definition) is 0. The molecule has 1 nitrogen and oxygen atoms in total. The maximum atomic E-state index is 13.9. The van der Waals surface area contributed by atoms with E-state index < -0.39 is 12.1 Å². The molecule has 0 aliphatic rings. The zero-order valence-corrected chi connectivity index (χ0v) is 22.5. The number of hydrogen-bond acceptors (Lipinski definition) is 3. The Morgan fingerprint density at radius 2 is 1.67 bits per heavy atom. The van der Waals surface area contributed by atoms with Crippen molar-refractivity contribution < 1.29 is 13.2 Å². The summed E-state index contributed by atoms with van der Waals surface area (Å²) in [6.45, 7) is 12.9. The molecule has 0 saturated carbocycles. The van der Waals surface area contributed by atoms with E-state index in [0.717, 1.165) is 34.2 Å². The van der Waals surface area contributed by atoms with E-state index >= 15 is 0 Å². The largest absolute Gasteiger partial charge is 0.391 e. The van der Waals surface area contributed by atoms with Crippen LogP contribution in [0.5, 0.6) is 0 Å². The maximum Gasteiger partial charge on any atom is 0.391 e. The van der Waals surface area contributed by atoms with Crippen LogP contribution in [0.1, 0.15) is 86.5 Å². The van der Waals surface area contributed by atoms with Crippen LogP contribution in [0, 0.1) is 16.7 Å². The van der Waals surface area contributed by atoms with Gasteiger partial charge in [0.1, 0.15) is 0 Å². The van der Waals surface area contributed by atoms with E-state index in [1.54, 1.807) is 6.07 Å². The standard InChI is InChI=1S/C27H39F3OS2/c1-7-20(32-23-18-24(31)33-22-13-9-8-12-21(22)23)17-19(27(28,29)30)11-10-14-26(5,6)16-15-25(2,3)4/h8-9,12-13,18-20H,7,10-11,14-17H2,1-6H3. The van der Waals surface area contributed by atoms with E-state index in [0.29, 0.717) is 12.8 Å². The van der Waals surface area contributed by atoms with E-state index in [4.69, 9.17) is 0 Å². The molecule has 0 aliphatic heterocycles. The van der Waals surface area contributed by atoms with E-state index in [9.17, 15) is 18.0 Å². The zero-order chi connectivity index (χ0) is 24.9. The van der Waals surface area contributed by atoms with Gasteiger partial charge in [0.05, 0.1) is 5.92 Å². The number of rotatable bonds is 11. The van der Waals surface area contributed by atoms with Gasteiger partial charge < -0.3 is 0 Å². The highest BCUT2D eigenvalue weighted by molar-refractivity contribution is 8.00. The number of thioether (sulfide) groups is 1. The van der Waals surface area contributed by atoms with E-state index in [-0.39, 0.29) is 33.7 Å². The summed E-state index contributed by atoms with van der Waals surface area (Å²) in [6.07, 6.45) is 0.194. The molecule has 1 aromatic heterocycles. The molecule has 2 atom stereocenters. The lowest BCUT2D eigenvalue weighted by atomic mass is 9.77. The van der Waals surface area contributed by atoms with Crippen LogP contribution in [0.2, 0.25) is 0 Å². The molecule has 6 heteroatoms. The Morgan fingerprint density at radius 3 is 2.27 bits per heavy atom. The molecule has 0 bridgehead atoms. The second-order valence-corrected chi connectivity index (χ2v) is 13.6.